The first kappa shape index (κ1) is 20.3. The topological polar surface area (TPSA) is 4.93 Å². The summed E-state index contributed by atoms with van der Waals surface area (Å²) in [5, 5.41) is 1.27. The third-order valence-corrected chi connectivity index (χ3v) is 6.58. The predicted molar refractivity (Wildman–Crippen MR) is 145 cm³/mol. The average molecular weight is 436 g/mol. The highest BCUT2D eigenvalue weighted by atomic mass is 14.9. The number of hydrogen-bond acceptors (Lipinski definition) is 0. The van der Waals surface area contributed by atoms with Crippen LogP contribution in [0.3, 0.4) is 0 Å². The summed E-state index contributed by atoms with van der Waals surface area (Å²) in [4.78, 5) is 0. The summed E-state index contributed by atoms with van der Waals surface area (Å²) >= 11 is 0. The minimum Gasteiger partial charge on any atom is -0.350 e. The van der Waals surface area contributed by atoms with Gasteiger partial charge in [0.2, 0.25) is 0 Å². The molecule has 162 valence electrons. The van der Waals surface area contributed by atoms with Crippen LogP contribution in [0.15, 0.2) is 134 Å². The van der Waals surface area contributed by atoms with Crippen molar-refractivity contribution in [2.24, 2.45) is 7.05 Å². The minimum atomic E-state index is 1.22. The zero-order chi connectivity index (χ0) is 22.9. The van der Waals surface area contributed by atoms with Crippen LogP contribution >= 0.6 is 0 Å². The standard InChI is InChI=1S/C33H25N/c1-34-23-22-28-29(24-14-6-2-7-15-24)30(25-16-8-3-9-17-25)31(26-18-10-4-11-19-26)32(33(28)34)27-20-12-5-13-21-27/h2-23H,1H3. The number of benzene rings is 5. The highest BCUT2D eigenvalue weighted by Gasteiger charge is 2.25. The lowest BCUT2D eigenvalue weighted by Crippen LogP contribution is -1.98. The van der Waals surface area contributed by atoms with E-state index in [1.165, 1.54) is 55.4 Å². The summed E-state index contributed by atoms with van der Waals surface area (Å²) in [6, 6.07) is 45.5. The maximum atomic E-state index is 2.27. The zero-order valence-electron chi connectivity index (χ0n) is 19.1. The van der Waals surface area contributed by atoms with Crippen LogP contribution in [0.5, 0.6) is 0 Å². The molecule has 0 aliphatic carbocycles. The summed E-state index contributed by atoms with van der Waals surface area (Å²) in [7, 11) is 2.15. The Morgan fingerprint density at radius 1 is 0.382 bits per heavy atom. The normalized spacial score (nSPS) is 11.1. The van der Waals surface area contributed by atoms with E-state index in [2.05, 4.69) is 145 Å². The second-order valence-corrected chi connectivity index (χ2v) is 8.65. The van der Waals surface area contributed by atoms with Gasteiger partial charge in [-0.1, -0.05) is 121 Å². The molecule has 0 N–H and O–H groups in total. The van der Waals surface area contributed by atoms with Crippen LogP contribution in [0.4, 0.5) is 0 Å². The van der Waals surface area contributed by atoms with Crippen molar-refractivity contribution in [2.75, 3.05) is 0 Å². The Morgan fingerprint density at radius 2 is 0.735 bits per heavy atom. The Morgan fingerprint density at radius 3 is 1.18 bits per heavy atom. The van der Waals surface area contributed by atoms with Gasteiger partial charge < -0.3 is 4.57 Å². The molecule has 5 aromatic carbocycles. The van der Waals surface area contributed by atoms with Crippen molar-refractivity contribution in [3.05, 3.63) is 134 Å². The van der Waals surface area contributed by atoms with E-state index in [1.54, 1.807) is 0 Å². The Balaban J connectivity index is 1.90. The molecule has 0 fully saturated rings. The van der Waals surface area contributed by atoms with E-state index in [9.17, 15) is 0 Å². The third-order valence-electron chi connectivity index (χ3n) is 6.58. The number of hydrogen-bond donors (Lipinski definition) is 0. The Labute approximate surface area is 200 Å². The highest BCUT2D eigenvalue weighted by Crippen LogP contribution is 2.50. The van der Waals surface area contributed by atoms with Crippen LogP contribution in [0, 0.1) is 0 Å². The first-order valence-electron chi connectivity index (χ1n) is 11.7. The SMILES string of the molecule is Cn1ccc2c(-c3ccccc3)c(-c3ccccc3)c(-c3ccccc3)c(-c3ccccc3)c21. The fourth-order valence-electron chi connectivity index (χ4n) is 5.12. The van der Waals surface area contributed by atoms with Crippen LogP contribution < -0.4 is 0 Å². The molecule has 0 saturated carbocycles. The smallest absolute Gasteiger partial charge is 0.0570 e. The van der Waals surface area contributed by atoms with Crippen molar-refractivity contribution >= 4 is 10.9 Å². The molecule has 1 heteroatoms. The van der Waals surface area contributed by atoms with Crippen LogP contribution in [0.2, 0.25) is 0 Å². The number of nitrogens with zero attached hydrogens (tertiary/aromatic N) is 1. The Bertz CT molecular complexity index is 1560. The molecular weight excluding hydrogens is 410 g/mol. The molecular formula is C33H25N. The number of rotatable bonds is 4. The molecule has 0 aliphatic rings. The molecule has 0 spiro atoms. The molecule has 0 unspecified atom stereocenters. The molecule has 0 atom stereocenters. The molecule has 0 amide bonds. The van der Waals surface area contributed by atoms with Crippen molar-refractivity contribution in [1.82, 2.24) is 4.57 Å². The third kappa shape index (κ3) is 3.34. The number of aryl methyl sites for hydroxylation is 1. The van der Waals surface area contributed by atoms with Gasteiger partial charge in [-0.2, -0.15) is 0 Å². The van der Waals surface area contributed by atoms with Gasteiger partial charge in [-0.15, -0.1) is 0 Å². The molecule has 0 radical (unpaired) electrons. The maximum absolute atomic E-state index is 2.27. The number of fused-ring (bicyclic) bond motifs is 1. The van der Waals surface area contributed by atoms with Crippen LogP contribution in [-0.4, -0.2) is 4.57 Å². The van der Waals surface area contributed by atoms with Gasteiger partial charge in [0.15, 0.2) is 0 Å². The van der Waals surface area contributed by atoms with Crippen molar-refractivity contribution < 1.29 is 0 Å². The van der Waals surface area contributed by atoms with E-state index in [4.69, 9.17) is 0 Å². The molecule has 6 aromatic rings. The van der Waals surface area contributed by atoms with Gasteiger partial charge in [0, 0.05) is 29.8 Å². The van der Waals surface area contributed by atoms with Gasteiger partial charge in [0.25, 0.3) is 0 Å². The van der Waals surface area contributed by atoms with E-state index in [0.717, 1.165) is 0 Å². The quantitative estimate of drug-likeness (QED) is 0.261. The second-order valence-electron chi connectivity index (χ2n) is 8.65. The summed E-state index contributed by atoms with van der Waals surface area (Å²) in [5.41, 5.74) is 11.3. The fraction of sp³-hybridized carbons (Fsp3) is 0.0303. The molecule has 1 aromatic heterocycles. The predicted octanol–water partition coefficient (Wildman–Crippen LogP) is 8.85. The first-order valence-corrected chi connectivity index (χ1v) is 11.7. The van der Waals surface area contributed by atoms with E-state index in [0.29, 0.717) is 0 Å². The average Bonchev–Trinajstić information content (AvgIpc) is 3.30. The largest absolute Gasteiger partial charge is 0.350 e. The van der Waals surface area contributed by atoms with Crippen LogP contribution in [0.1, 0.15) is 0 Å². The van der Waals surface area contributed by atoms with E-state index >= 15 is 0 Å². The lowest BCUT2D eigenvalue weighted by molar-refractivity contribution is 0.970. The van der Waals surface area contributed by atoms with Crippen molar-refractivity contribution in [1.29, 1.82) is 0 Å². The van der Waals surface area contributed by atoms with Gasteiger partial charge >= 0.3 is 0 Å². The van der Waals surface area contributed by atoms with Gasteiger partial charge in [0.05, 0.1) is 5.52 Å². The monoisotopic (exact) mass is 435 g/mol. The summed E-state index contributed by atoms with van der Waals surface area (Å²) in [6.07, 6.45) is 2.19. The summed E-state index contributed by atoms with van der Waals surface area (Å²) in [5.74, 6) is 0. The van der Waals surface area contributed by atoms with Crippen LogP contribution in [-0.2, 0) is 7.05 Å². The Kier molecular flexibility index (Phi) is 5.08. The van der Waals surface area contributed by atoms with Crippen molar-refractivity contribution in [3.63, 3.8) is 0 Å². The zero-order valence-corrected chi connectivity index (χ0v) is 19.1. The summed E-state index contributed by atoms with van der Waals surface area (Å²) < 4.78 is 2.27. The number of aromatic nitrogens is 1. The maximum Gasteiger partial charge on any atom is 0.0570 e. The molecule has 1 nitrogen and oxygen atoms in total. The first-order chi connectivity index (χ1) is 16.8. The van der Waals surface area contributed by atoms with Crippen LogP contribution in [0.25, 0.3) is 55.4 Å². The lowest BCUT2D eigenvalue weighted by atomic mass is 9.80. The van der Waals surface area contributed by atoms with E-state index in [1.807, 2.05) is 0 Å². The molecule has 0 aliphatic heterocycles. The molecule has 1 heterocycles. The fourth-order valence-corrected chi connectivity index (χ4v) is 5.12. The molecule has 6 rings (SSSR count). The minimum absolute atomic E-state index is 1.22. The van der Waals surface area contributed by atoms with Gasteiger partial charge in [0.1, 0.15) is 0 Å². The summed E-state index contributed by atoms with van der Waals surface area (Å²) in [6.45, 7) is 0. The van der Waals surface area contributed by atoms with Crippen molar-refractivity contribution in [2.45, 2.75) is 0 Å². The molecule has 0 bridgehead atoms. The highest BCUT2D eigenvalue weighted by molar-refractivity contribution is 6.17. The second kappa shape index (κ2) is 8.53. The lowest BCUT2D eigenvalue weighted by Gasteiger charge is -2.23. The Hall–Kier alpha value is -4.36. The van der Waals surface area contributed by atoms with Gasteiger partial charge in [-0.25, -0.2) is 0 Å². The molecule has 0 saturated heterocycles. The molecule has 34 heavy (non-hydrogen) atoms. The van der Waals surface area contributed by atoms with E-state index < -0.39 is 0 Å². The van der Waals surface area contributed by atoms with Gasteiger partial charge in [-0.3, -0.25) is 0 Å². The van der Waals surface area contributed by atoms with Crippen molar-refractivity contribution in [3.8, 4) is 44.5 Å². The van der Waals surface area contributed by atoms with Gasteiger partial charge in [-0.05, 0) is 39.4 Å². The van der Waals surface area contributed by atoms with E-state index in [-0.39, 0.29) is 0 Å².